The Labute approximate surface area is 262 Å². The van der Waals surface area contributed by atoms with Crippen LogP contribution in [0, 0.1) is 46.3 Å². The van der Waals surface area contributed by atoms with Crippen LogP contribution in [-0.2, 0) is 22.8 Å². The van der Waals surface area contributed by atoms with E-state index in [4.69, 9.17) is 18.0 Å². The maximum atomic E-state index is 12.1. The minimum atomic E-state index is -1.77. The van der Waals surface area contributed by atoms with Gasteiger partial charge in [0, 0.05) is 6.42 Å². The molecular weight excluding hydrogens is 573 g/mol. The van der Waals surface area contributed by atoms with E-state index < -0.39 is 25.0 Å². The first kappa shape index (κ1) is 34.9. The molecule has 0 spiro atoms. The van der Waals surface area contributed by atoms with Crippen molar-refractivity contribution in [1.82, 2.24) is 0 Å². The van der Waals surface area contributed by atoms with Gasteiger partial charge in [-0.3, -0.25) is 4.79 Å². The van der Waals surface area contributed by atoms with Crippen molar-refractivity contribution in [3.63, 3.8) is 0 Å². The smallest absolute Gasteiger partial charge is 0.305 e. The summed E-state index contributed by atoms with van der Waals surface area (Å²) in [4.78, 5) is 12.1. The lowest BCUT2D eigenvalue weighted by atomic mass is 9.43. The standard InChI is InChI=1S/C34H66O5Si3/c1-23(14-19-31(35)36-4)25-17-18-26-24-15-16-27-32(39-42(11,12)13)29(37-40(5,6)7)20-21-33(27,2)28(24)22-30(34(25,26)3)38-41(8,9)10/h23-30,32H,14-22H2,1-13H3/t23?,24?,25-,26?,27-,28?,29+,30+,32-,33+,34-/m1/s1. The second-order valence-electron chi connectivity index (χ2n) is 18.2. The van der Waals surface area contributed by atoms with Crippen molar-refractivity contribution in [2.45, 2.75) is 156 Å². The fourth-order valence-electron chi connectivity index (χ4n) is 10.6. The van der Waals surface area contributed by atoms with Crippen LogP contribution in [0.25, 0.3) is 0 Å². The van der Waals surface area contributed by atoms with Gasteiger partial charge in [0.2, 0.25) is 0 Å². The van der Waals surface area contributed by atoms with Crippen LogP contribution in [0.1, 0.15) is 78.6 Å². The Morgan fingerprint density at radius 3 is 1.95 bits per heavy atom. The average Bonchev–Trinajstić information content (AvgIpc) is 3.20. The van der Waals surface area contributed by atoms with E-state index in [-0.39, 0.29) is 29.0 Å². The fourth-order valence-corrected chi connectivity index (χ4v) is 14.1. The van der Waals surface area contributed by atoms with Gasteiger partial charge in [0.25, 0.3) is 0 Å². The third-order valence-electron chi connectivity index (χ3n) is 12.0. The summed E-state index contributed by atoms with van der Waals surface area (Å²) in [5, 5.41) is 0. The van der Waals surface area contributed by atoms with E-state index in [1.165, 1.54) is 45.6 Å². The molecule has 0 amide bonds. The molecular formula is C34H66O5Si3. The largest absolute Gasteiger partial charge is 0.469 e. The predicted octanol–water partition coefficient (Wildman–Crippen LogP) is 9.11. The first-order valence-electron chi connectivity index (χ1n) is 17.3. The third-order valence-corrected chi connectivity index (χ3v) is 15.0. The first-order chi connectivity index (χ1) is 19.2. The van der Waals surface area contributed by atoms with E-state index in [1.807, 2.05) is 0 Å². The number of methoxy groups -OCH3 is 1. The van der Waals surface area contributed by atoms with Gasteiger partial charge in [-0.15, -0.1) is 0 Å². The third kappa shape index (κ3) is 7.19. The van der Waals surface area contributed by atoms with Gasteiger partial charge in [0.05, 0.1) is 25.4 Å². The van der Waals surface area contributed by atoms with E-state index in [2.05, 4.69) is 79.7 Å². The van der Waals surface area contributed by atoms with E-state index in [1.54, 1.807) is 0 Å². The van der Waals surface area contributed by atoms with Crippen LogP contribution in [0.2, 0.25) is 58.9 Å². The van der Waals surface area contributed by atoms with Crippen molar-refractivity contribution in [3.05, 3.63) is 0 Å². The number of ether oxygens (including phenoxy) is 1. The van der Waals surface area contributed by atoms with Crippen molar-refractivity contribution < 1.29 is 22.8 Å². The molecule has 0 N–H and O–H groups in total. The first-order valence-corrected chi connectivity index (χ1v) is 27.5. The predicted molar refractivity (Wildman–Crippen MR) is 181 cm³/mol. The van der Waals surface area contributed by atoms with Crippen molar-refractivity contribution in [1.29, 1.82) is 0 Å². The molecule has 4 rings (SSSR count). The van der Waals surface area contributed by atoms with Crippen molar-refractivity contribution in [2.24, 2.45) is 46.3 Å². The van der Waals surface area contributed by atoms with Crippen LogP contribution in [0.5, 0.6) is 0 Å². The molecule has 11 atom stereocenters. The summed E-state index contributed by atoms with van der Waals surface area (Å²) in [6.45, 7) is 28.9. The number of hydrogen-bond acceptors (Lipinski definition) is 5. The van der Waals surface area contributed by atoms with Crippen LogP contribution in [0.3, 0.4) is 0 Å². The van der Waals surface area contributed by atoms with Gasteiger partial charge in [-0.2, -0.15) is 0 Å². The molecule has 0 heterocycles. The summed E-state index contributed by atoms with van der Waals surface area (Å²) in [7, 11) is -3.70. The molecule has 42 heavy (non-hydrogen) atoms. The Balaban J connectivity index is 1.67. The lowest BCUT2D eigenvalue weighted by Crippen LogP contribution is -2.64. The lowest BCUT2D eigenvalue weighted by Gasteiger charge is -2.65. The van der Waals surface area contributed by atoms with Gasteiger partial charge >= 0.3 is 5.97 Å². The van der Waals surface area contributed by atoms with Gasteiger partial charge in [-0.1, -0.05) is 20.8 Å². The number of carbonyl (C=O) groups is 1. The topological polar surface area (TPSA) is 54.0 Å². The molecule has 4 fully saturated rings. The summed E-state index contributed by atoms with van der Waals surface area (Å²) in [6.07, 6.45) is 11.0. The van der Waals surface area contributed by atoms with Gasteiger partial charge in [-0.25, -0.2) is 0 Å². The molecule has 0 saturated heterocycles. The van der Waals surface area contributed by atoms with Crippen LogP contribution in [0.4, 0.5) is 0 Å². The van der Waals surface area contributed by atoms with Crippen LogP contribution in [0.15, 0.2) is 0 Å². The highest BCUT2D eigenvalue weighted by molar-refractivity contribution is 6.70. The zero-order valence-electron chi connectivity index (χ0n) is 29.6. The molecule has 0 aromatic heterocycles. The van der Waals surface area contributed by atoms with E-state index in [0.29, 0.717) is 42.1 Å². The highest BCUT2D eigenvalue weighted by Gasteiger charge is 2.66. The molecule has 4 aliphatic carbocycles. The Morgan fingerprint density at radius 2 is 1.38 bits per heavy atom. The van der Waals surface area contributed by atoms with Crippen LogP contribution < -0.4 is 0 Å². The lowest BCUT2D eigenvalue weighted by molar-refractivity contribution is -0.192. The number of fused-ring (bicyclic) bond motifs is 5. The summed E-state index contributed by atoms with van der Waals surface area (Å²) in [6, 6.07) is 0. The average molecular weight is 639 g/mol. The molecule has 4 aliphatic rings. The summed E-state index contributed by atoms with van der Waals surface area (Å²) < 4.78 is 26.4. The molecule has 0 radical (unpaired) electrons. The minimum absolute atomic E-state index is 0.0739. The van der Waals surface area contributed by atoms with Crippen molar-refractivity contribution >= 4 is 30.9 Å². The number of esters is 1. The van der Waals surface area contributed by atoms with Gasteiger partial charge in [0.1, 0.15) is 0 Å². The quantitative estimate of drug-likeness (QED) is 0.176. The Kier molecular flexibility index (Phi) is 10.2. The molecule has 8 heteroatoms. The van der Waals surface area contributed by atoms with Gasteiger partial charge in [-0.05, 0) is 157 Å². The second-order valence-corrected chi connectivity index (χ2v) is 31.5. The number of hydrogen-bond donors (Lipinski definition) is 0. The van der Waals surface area contributed by atoms with Crippen molar-refractivity contribution in [2.75, 3.05) is 7.11 Å². The maximum Gasteiger partial charge on any atom is 0.305 e. The van der Waals surface area contributed by atoms with E-state index in [0.717, 1.165) is 18.8 Å². The molecule has 0 aromatic carbocycles. The molecule has 5 nitrogen and oxygen atoms in total. The normalized spacial score (nSPS) is 41.5. The highest BCUT2D eigenvalue weighted by atomic mass is 28.4. The van der Waals surface area contributed by atoms with Crippen molar-refractivity contribution in [3.8, 4) is 0 Å². The summed E-state index contributed by atoms with van der Waals surface area (Å²) in [5.41, 5.74) is 0.441. The zero-order valence-corrected chi connectivity index (χ0v) is 32.6. The monoisotopic (exact) mass is 638 g/mol. The zero-order chi connectivity index (χ0) is 31.5. The van der Waals surface area contributed by atoms with Crippen LogP contribution in [-0.4, -0.2) is 56.3 Å². The molecule has 4 unspecified atom stereocenters. The summed E-state index contributed by atoms with van der Waals surface area (Å²) >= 11 is 0. The Morgan fingerprint density at radius 1 is 0.786 bits per heavy atom. The fraction of sp³-hybridized carbons (Fsp3) is 0.971. The van der Waals surface area contributed by atoms with Gasteiger partial charge in [0.15, 0.2) is 25.0 Å². The summed E-state index contributed by atoms with van der Waals surface area (Å²) in [5.74, 6) is 3.73. The molecule has 0 bridgehead atoms. The highest BCUT2D eigenvalue weighted by Crippen LogP contribution is 2.69. The SMILES string of the molecule is COC(=O)CCC(C)[C@H]1CCC2C3CC[C@@H]4[C@@H](O[Si](C)(C)C)[C@@H](O[Si](C)(C)C)CC[C@]4(C)C3C[C@H](O[Si](C)(C)C)[C@@]21C. The maximum absolute atomic E-state index is 12.1. The second kappa shape index (κ2) is 12.3. The molecule has 0 aromatic rings. The molecule has 244 valence electrons. The van der Waals surface area contributed by atoms with Gasteiger partial charge < -0.3 is 18.0 Å². The van der Waals surface area contributed by atoms with E-state index in [9.17, 15) is 4.79 Å². The minimum Gasteiger partial charge on any atom is -0.469 e. The van der Waals surface area contributed by atoms with E-state index >= 15 is 0 Å². The molecule has 0 aliphatic heterocycles. The Hall–Kier alpha value is 0.000649. The number of rotatable bonds is 10. The van der Waals surface area contributed by atoms with Crippen LogP contribution >= 0.6 is 0 Å². The number of carbonyl (C=O) groups excluding carboxylic acids is 1. The Bertz CT molecular complexity index is 954. The molecule has 4 saturated carbocycles.